The maximum Gasteiger partial charge on any atom is 0.315 e. The number of allylic oxidation sites excluding steroid dienone is 1. The molecule has 0 N–H and O–H groups in total. The van der Waals surface area contributed by atoms with Gasteiger partial charge >= 0.3 is 5.97 Å². The van der Waals surface area contributed by atoms with Gasteiger partial charge in [0.1, 0.15) is 5.41 Å². The monoisotopic (exact) mass is 306 g/mol. The van der Waals surface area contributed by atoms with Gasteiger partial charge in [-0.05, 0) is 51.4 Å². The first-order valence-corrected chi connectivity index (χ1v) is 8.47. The van der Waals surface area contributed by atoms with Gasteiger partial charge in [0.2, 0.25) is 0 Å². The zero-order chi connectivity index (χ0) is 15.8. The third kappa shape index (κ3) is 1.53. The molecule has 3 aliphatic carbocycles. The third-order valence-electron chi connectivity index (χ3n) is 6.91. The van der Waals surface area contributed by atoms with Crippen LogP contribution < -0.4 is 0 Å². The van der Waals surface area contributed by atoms with E-state index in [-0.39, 0.29) is 35.1 Å². The van der Waals surface area contributed by atoms with E-state index >= 15 is 0 Å². The Morgan fingerprint density at radius 1 is 1.41 bits per heavy atom. The maximum atomic E-state index is 12.9. The first kappa shape index (κ1) is 14.7. The summed E-state index contributed by atoms with van der Waals surface area (Å²) < 4.78 is 17.5. The largest absolute Gasteiger partial charge is 0.465 e. The molecule has 0 aromatic rings. The lowest BCUT2D eigenvalue weighted by Gasteiger charge is -2.56. The molecule has 0 aromatic heterocycles. The molecule has 0 amide bonds. The first-order chi connectivity index (χ1) is 10.4. The molecule has 2 saturated carbocycles. The Balaban J connectivity index is 1.82. The van der Waals surface area contributed by atoms with Gasteiger partial charge in [0, 0.05) is 13.0 Å². The van der Waals surface area contributed by atoms with E-state index in [1.165, 1.54) is 0 Å². The summed E-state index contributed by atoms with van der Waals surface area (Å²) in [7, 11) is 1.68. The van der Waals surface area contributed by atoms with E-state index in [2.05, 4.69) is 19.1 Å². The van der Waals surface area contributed by atoms with Crippen molar-refractivity contribution in [2.75, 3.05) is 13.7 Å². The summed E-state index contributed by atoms with van der Waals surface area (Å²) in [6.45, 7) is 6.54. The lowest BCUT2D eigenvalue weighted by atomic mass is 9.51. The lowest BCUT2D eigenvalue weighted by Crippen LogP contribution is -2.61. The molecule has 4 bridgehead atoms. The van der Waals surface area contributed by atoms with Crippen molar-refractivity contribution < 1.29 is 19.0 Å². The van der Waals surface area contributed by atoms with Crippen LogP contribution in [0.1, 0.15) is 40.0 Å². The fraction of sp³-hybridized carbons (Fsp3) is 0.833. The van der Waals surface area contributed by atoms with Crippen LogP contribution in [0.15, 0.2) is 12.2 Å². The minimum atomic E-state index is -0.666. The van der Waals surface area contributed by atoms with Crippen LogP contribution in [0.2, 0.25) is 0 Å². The summed E-state index contributed by atoms with van der Waals surface area (Å²) in [5, 5.41) is 0. The maximum absolute atomic E-state index is 12.9. The topological polar surface area (TPSA) is 44.8 Å². The van der Waals surface area contributed by atoms with Crippen molar-refractivity contribution >= 4 is 5.97 Å². The van der Waals surface area contributed by atoms with Crippen molar-refractivity contribution in [1.29, 1.82) is 0 Å². The second kappa shape index (κ2) is 4.35. The second-order valence-electron chi connectivity index (χ2n) is 8.01. The number of methoxy groups -OCH3 is 1. The molecule has 0 radical (unpaired) electrons. The molecule has 2 saturated heterocycles. The molecule has 2 aliphatic heterocycles. The van der Waals surface area contributed by atoms with Gasteiger partial charge in [-0.3, -0.25) is 4.79 Å². The van der Waals surface area contributed by atoms with Crippen molar-refractivity contribution in [3.63, 3.8) is 0 Å². The van der Waals surface area contributed by atoms with Gasteiger partial charge in [-0.2, -0.15) is 0 Å². The van der Waals surface area contributed by atoms with E-state index in [0.29, 0.717) is 12.5 Å². The summed E-state index contributed by atoms with van der Waals surface area (Å²) in [5.74, 6) is 0.642. The molecule has 4 fully saturated rings. The Bertz CT molecular complexity index is 543. The number of carbonyl (C=O) groups is 1. The number of ether oxygens (including phenoxy) is 3. The van der Waals surface area contributed by atoms with Crippen LogP contribution in [0.3, 0.4) is 0 Å². The molecule has 2 heterocycles. The zero-order valence-electron chi connectivity index (χ0n) is 13.9. The van der Waals surface area contributed by atoms with Crippen molar-refractivity contribution in [2.24, 2.45) is 22.7 Å². The van der Waals surface area contributed by atoms with Crippen LogP contribution >= 0.6 is 0 Å². The van der Waals surface area contributed by atoms with Crippen molar-refractivity contribution in [1.82, 2.24) is 0 Å². The van der Waals surface area contributed by atoms with Crippen LogP contribution in [0.4, 0.5) is 0 Å². The summed E-state index contributed by atoms with van der Waals surface area (Å²) in [5.41, 5.74) is -0.584. The molecule has 0 unspecified atom stereocenters. The number of hydrogen-bond donors (Lipinski definition) is 0. The van der Waals surface area contributed by atoms with E-state index in [9.17, 15) is 4.79 Å². The standard InChI is InChI=1S/C18H26O4/c1-5-21-15(19)17(3)13(20-4)6-7-18-9-11-8-12(14(17)18)22-16(11,2)10-18/h6-7,11-14H,5,8-10H2,1-4H3/t11-,12+,13-,14+,16+,17-,18+/m1/s1. The van der Waals surface area contributed by atoms with Gasteiger partial charge in [0.25, 0.3) is 0 Å². The van der Waals surface area contributed by atoms with Crippen molar-refractivity contribution in [3.8, 4) is 0 Å². The molecule has 0 aromatic carbocycles. The number of rotatable bonds is 3. The minimum absolute atomic E-state index is 0.000978. The van der Waals surface area contributed by atoms with Crippen LogP contribution in [-0.2, 0) is 19.0 Å². The fourth-order valence-electron chi connectivity index (χ4n) is 6.22. The Labute approximate surface area is 132 Å². The summed E-state index contributed by atoms with van der Waals surface area (Å²) >= 11 is 0. The highest BCUT2D eigenvalue weighted by Crippen LogP contribution is 2.71. The predicted octanol–water partition coefficient (Wildman–Crippen LogP) is 2.71. The van der Waals surface area contributed by atoms with Gasteiger partial charge in [-0.1, -0.05) is 12.2 Å². The Morgan fingerprint density at radius 3 is 2.82 bits per heavy atom. The average Bonchev–Trinajstić information content (AvgIpc) is 2.81. The zero-order valence-corrected chi connectivity index (χ0v) is 13.9. The van der Waals surface area contributed by atoms with Gasteiger partial charge in [0.15, 0.2) is 0 Å². The number of carbonyl (C=O) groups excluding carboxylic acids is 1. The predicted molar refractivity (Wildman–Crippen MR) is 81.2 cm³/mol. The van der Waals surface area contributed by atoms with E-state index in [0.717, 1.165) is 19.3 Å². The van der Waals surface area contributed by atoms with E-state index in [1.807, 2.05) is 13.8 Å². The Hall–Kier alpha value is -0.870. The summed E-state index contributed by atoms with van der Waals surface area (Å²) in [6, 6.07) is 0. The highest BCUT2D eigenvalue weighted by Gasteiger charge is 2.73. The van der Waals surface area contributed by atoms with E-state index < -0.39 is 5.41 Å². The highest BCUT2D eigenvalue weighted by atomic mass is 16.5. The van der Waals surface area contributed by atoms with Gasteiger partial charge in [-0.15, -0.1) is 0 Å². The van der Waals surface area contributed by atoms with Crippen LogP contribution in [0, 0.1) is 22.7 Å². The van der Waals surface area contributed by atoms with Crippen LogP contribution in [0.5, 0.6) is 0 Å². The molecular weight excluding hydrogens is 280 g/mol. The molecular formula is C18H26O4. The van der Waals surface area contributed by atoms with E-state index in [1.54, 1.807) is 7.11 Å². The average molecular weight is 306 g/mol. The summed E-state index contributed by atoms with van der Waals surface area (Å²) in [6.07, 6.45) is 7.57. The SMILES string of the molecule is CCOC(=O)[C@@]1(C)[C@@H]2[C@@H]3C[C@@H]4C[C@@]2(C=C[C@H]1OC)C[C@]4(C)O3. The number of hydrogen-bond acceptors (Lipinski definition) is 4. The minimum Gasteiger partial charge on any atom is -0.465 e. The lowest BCUT2D eigenvalue weighted by molar-refractivity contribution is -0.203. The quantitative estimate of drug-likeness (QED) is 0.594. The summed E-state index contributed by atoms with van der Waals surface area (Å²) in [4.78, 5) is 12.9. The molecule has 22 heavy (non-hydrogen) atoms. The number of esters is 1. The van der Waals surface area contributed by atoms with Gasteiger partial charge in [-0.25, -0.2) is 0 Å². The van der Waals surface area contributed by atoms with Gasteiger partial charge < -0.3 is 14.2 Å². The molecule has 4 heteroatoms. The first-order valence-electron chi connectivity index (χ1n) is 8.47. The third-order valence-corrected chi connectivity index (χ3v) is 6.91. The van der Waals surface area contributed by atoms with Crippen LogP contribution in [-0.4, -0.2) is 37.5 Å². The van der Waals surface area contributed by atoms with E-state index in [4.69, 9.17) is 14.2 Å². The molecule has 122 valence electrons. The molecule has 5 aliphatic rings. The Kier molecular flexibility index (Phi) is 2.91. The molecule has 7 atom stereocenters. The fourth-order valence-corrected chi connectivity index (χ4v) is 6.22. The van der Waals surface area contributed by atoms with Gasteiger partial charge in [0.05, 0.1) is 24.4 Å². The Morgan fingerprint density at radius 2 is 2.18 bits per heavy atom. The van der Waals surface area contributed by atoms with Crippen molar-refractivity contribution in [3.05, 3.63) is 12.2 Å². The van der Waals surface area contributed by atoms with Crippen LogP contribution in [0.25, 0.3) is 0 Å². The molecule has 4 nitrogen and oxygen atoms in total. The molecule has 5 rings (SSSR count). The highest BCUT2D eigenvalue weighted by molar-refractivity contribution is 5.79. The van der Waals surface area contributed by atoms with Crippen molar-refractivity contribution in [2.45, 2.75) is 57.8 Å². The second-order valence-corrected chi connectivity index (χ2v) is 8.01. The normalized spacial score (nSPS) is 54.5. The smallest absolute Gasteiger partial charge is 0.315 e. The molecule has 1 spiro atoms.